The van der Waals surface area contributed by atoms with Crippen LogP contribution >= 0.6 is 15.9 Å². The molecule has 0 radical (unpaired) electrons. The molecule has 0 spiro atoms. The number of halogens is 1. The van der Waals surface area contributed by atoms with E-state index in [0.717, 1.165) is 15.7 Å². The van der Waals surface area contributed by atoms with Crippen LogP contribution in [0.4, 0.5) is 5.69 Å². The van der Waals surface area contributed by atoms with Crippen LogP contribution in [0, 0.1) is 6.92 Å². The quantitative estimate of drug-likeness (QED) is 0.690. The highest BCUT2D eigenvalue weighted by atomic mass is 79.9. The number of hydrogen-bond donors (Lipinski definition) is 1. The molecule has 2 heteroatoms. The van der Waals surface area contributed by atoms with E-state index in [1.54, 1.807) is 0 Å². The molecular formula is C11H16BrN. The first-order valence-electron chi connectivity index (χ1n) is 4.38. The number of aryl methyl sites for hydroxylation is 1. The summed E-state index contributed by atoms with van der Waals surface area (Å²) in [6.07, 6.45) is 0. The Hall–Kier alpha value is -0.500. The van der Waals surface area contributed by atoms with Crippen LogP contribution in [0.15, 0.2) is 16.6 Å². The van der Waals surface area contributed by atoms with Crippen molar-refractivity contribution >= 4 is 21.6 Å². The third kappa shape index (κ3) is 2.25. The first-order chi connectivity index (χ1) is 5.82. The van der Waals surface area contributed by atoms with Crippen molar-refractivity contribution in [1.29, 1.82) is 0 Å². The molecule has 0 fully saturated rings. The predicted octanol–water partition coefficient (Wildman–Crippen LogP) is 3.64. The molecule has 0 aliphatic rings. The van der Waals surface area contributed by atoms with Crippen LogP contribution in [0.2, 0.25) is 0 Å². The third-order valence-corrected chi connectivity index (χ3v) is 2.86. The molecule has 0 aromatic heterocycles. The second-order valence-electron chi connectivity index (χ2n) is 4.44. The second-order valence-corrected chi connectivity index (χ2v) is 5.29. The summed E-state index contributed by atoms with van der Waals surface area (Å²) in [6, 6.07) is 4.25. The van der Waals surface area contributed by atoms with Crippen molar-refractivity contribution in [3.8, 4) is 0 Å². The van der Waals surface area contributed by atoms with Gasteiger partial charge in [-0.25, -0.2) is 0 Å². The summed E-state index contributed by atoms with van der Waals surface area (Å²) in [5, 5.41) is 0. The molecular weight excluding hydrogens is 226 g/mol. The molecule has 72 valence electrons. The van der Waals surface area contributed by atoms with Crippen molar-refractivity contribution in [3.63, 3.8) is 0 Å². The van der Waals surface area contributed by atoms with Crippen LogP contribution in [-0.2, 0) is 5.41 Å². The van der Waals surface area contributed by atoms with E-state index in [1.807, 2.05) is 6.92 Å². The van der Waals surface area contributed by atoms with Crippen LogP contribution in [0.1, 0.15) is 31.9 Å². The van der Waals surface area contributed by atoms with Gasteiger partial charge in [0.15, 0.2) is 0 Å². The van der Waals surface area contributed by atoms with Gasteiger partial charge < -0.3 is 5.73 Å². The average Bonchev–Trinajstić information content (AvgIpc) is 1.97. The van der Waals surface area contributed by atoms with Gasteiger partial charge in [0.2, 0.25) is 0 Å². The number of benzene rings is 1. The number of rotatable bonds is 0. The smallest absolute Gasteiger partial charge is 0.0488 e. The molecule has 2 N–H and O–H groups in total. The zero-order valence-corrected chi connectivity index (χ0v) is 10.2. The van der Waals surface area contributed by atoms with Crippen molar-refractivity contribution in [2.45, 2.75) is 33.1 Å². The van der Waals surface area contributed by atoms with Gasteiger partial charge in [-0.05, 0) is 45.5 Å². The molecule has 0 atom stereocenters. The molecule has 1 aromatic rings. The van der Waals surface area contributed by atoms with Crippen molar-refractivity contribution < 1.29 is 0 Å². The highest BCUT2D eigenvalue weighted by Gasteiger charge is 2.15. The Balaban J connectivity index is 3.29. The fourth-order valence-corrected chi connectivity index (χ4v) is 1.75. The van der Waals surface area contributed by atoms with E-state index < -0.39 is 0 Å². The van der Waals surface area contributed by atoms with Gasteiger partial charge in [0, 0.05) is 10.2 Å². The molecule has 1 aromatic carbocycles. The topological polar surface area (TPSA) is 26.0 Å². The standard InChI is InChI=1S/C11H16BrN/c1-7-5-8(11(2,3)4)6-9(12)10(7)13/h5-6H,13H2,1-4H3. The Morgan fingerprint density at radius 3 is 2.15 bits per heavy atom. The Morgan fingerprint density at radius 2 is 1.77 bits per heavy atom. The zero-order valence-electron chi connectivity index (χ0n) is 8.61. The Bertz CT molecular complexity index is 300. The molecule has 0 bridgehead atoms. The lowest BCUT2D eigenvalue weighted by atomic mass is 9.86. The maximum Gasteiger partial charge on any atom is 0.0488 e. The van der Waals surface area contributed by atoms with E-state index in [9.17, 15) is 0 Å². The highest BCUT2D eigenvalue weighted by molar-refractivity contribution is 9.10. The van der Waals surface area contributed by atoms with Crippen LogP contribution in [0.25, 0.3) is 0 Å². The molecule has 1 rings (SSSR count). The minimum atomic E-state index is 0.182. The fraction of sp³-hybridized carbons (Fsp3) is 0.455. The molecule has 0 heterocycles. The van der Waals surface area contributed by atoms with Gasteiger partial charge in [-0.2, -0.15) is 0 Å². The SMILES string of the molecule is Cc1cc(C(C)(C)C)cc(Br)c1N. The molecule has 1 nitrogen and oxygen atoms in total. The molecule has 0 aliphatic heterocycles. The second kappa shape index (κ2) is 3.33. The Kier molecular flexibility index (Phi) is 2.71. The van der Waals surface area contributed by atoms with Gasteiger partial charge in [0.05, 0.1) is 0 Å². The summed E-state index contributed by atoms with van der Waals surface area (Å²) < 4.78 is 0.998. The minimum Gasteiger partial charge on any atom is -0.398 e. The number of hydrogen-bond acceptors (Lipinski definition) is 1. The maximum absolute atomic E-state index is 5.85. The molecule has 13 heavy (non-hydrogen) atoms. The first kappa shape index (κ1) is 10.6. The van der Waals surface area contributed by atoms with Gasteiger partial charge in [0.25, 0.3) is 0 Å². The van der Waals surface area contributed by atoms with Crippen LogP contribution in [0.5, 0.6) is 0 Å². The van der Waals surface area contributed by atoms with Gasteiger partial charge >= 0.3 is 0 Å². The van der Waals surface area contributed by atoms with Gasteiger partial charge in [-0.15, -0.1) is 0 Å². The summed E-state index contributed by atoms with van der Waals surface area (Å²) in [6.45, 7) is 8.63. The molecule has 0 amide bonds. The van der Waals surface area contributed by atoms with E-state index in [4.69, 9.17) is 5.73 Å². The van der Waals surface area contributed by atoms with Crippen LogP contribution in [0.3, 0.4) is 0 Å². The zero-order chi connectivity index (χ0) is 10.2. The normalized spacial score (nSPS) is 11.8. The van der Waals surface area contributed by atoms with Gasteiger partial charge in [-0.1, -0.05) is 26.8 Å². The summed E-state index contributed by atoms with van der Waals surface area (Å²) in [5.74, 6) is 0. The summed E-state index contributed by atoms with van der Waals surface area (Å²) in [4.78, 5) is 0. The van der Waals surface area contributed by atoms with Crippen LogP contribution < -0.4 is 5.73 Å². The Morgan fingerprint density at radius 1 is 1.23 bits per heavy atom. The summed E-state index contributed by atoms with van der Waals surface area (Å²) in [5.41, 5.74) is 9.32. The first-order valence-corrected chi connectivity index (χ1v) is 5.18. The van der Waals surface area contributed by atoms with E-state index in [-0.39, 0.29) is 5.41 Å². The van der Waals surface area contributed by atoms with Crippen LogP contribution in [-0.4, -0.2) is 0 Å². The van der Waals surface area contributed by atoms with Crippen molar-refractivity contribution in [2.24, 2.45) is 0 Å². The highest BCUT2D eigenvalue weighted by Crippen LogP contribution is 2.31. The third-order valence-electron chi connectivity index (χ3n) is 2.20. The van der Waals surface area contributed by atoms with Crippen molar-refractivity contribution in [2.75, 3.05) is 5.73 Å². The fourth-order valence-electron chi connectivity index (χ4n) is 1.19. The Labute approximate surface area is 88.5 Å². The van der Waals surface area contributed by atoms with Gasteiger partial charge in [-0.3, -0.25) is 0 Å². The number of nitrogens with two attached hydrogens (primary N) is 1. The van der Waals surface area contributed by atoms with Crippen molar-refractivity contribution in [3.05, 3.63) is 27.7 Å². The molecule has 0 saturated heterocycles. The molecule has 0 aliphatic carbocycles. The van der Waals surface area contributed by atoms with Gasteiger partial charge in [0.1, 0.15) is 0 Å². The predicted molar refractivity (Wildman–Crippen MR) is 62.0 cm³/mol. The lowest BCUT2D eigenvalue weighted by Gasteiger charge is -2.20. The monoisotopic (exact) mass is 241 g/mol. The van der Waals surface area contributed by atoms with E-state index >= 15 is 0 Å². The number of nitrogen functional groups attached to an aromatic ring is 1. The van der Waals surface area contributed by atoms with E-state index in [0.29, 0.717) is 0 Å². The van der Waals surface area contributed by atoms with Crippen molar-refractivity contribution in [1.82, 2.24) is 0 Å². The average molecular weight is 242 g/mol. The lowest BCUT2D eigenvalue weighted by molar-refractivity contribution is 0.589. The molecule has 0 saturated carbocycles. The minimum absolute atomic E-state index is 0.182. The van der Waals surface area contributed by atoms with E-state index in [2.05, 4.69) is 48.8 Å². The summed E-state index contributed by atoms with van der Waals surface area (Å²) >= 11 is 3.46. The molecule has 0 unspecified atom stereocenters. The summed E-state index contributed by atoms with van der Waals surface area (Å²) in [7, 11) is 0. The number of anilines is 1. The largest absolute Gasteiger partial charge is 0.398 e. The maximum atomic E-state index is 5.85. The van der Waals surface area contributed by atoms with E-state index in [1.165, 1.54) is 5.56 Å². The lowest BCUT2D eigenvalue weighted by Crippen LogP contribution is -2.11.